The van der Waals surface area contributed by atoms with Crippen LogP contribution in [0.25, 0.3) is 0 Å². The van der Waals surface area contributed by atoms with E-state index in [4.69, 9.17) is 18.5 Å². The third kappa shape index (κ3) is 51.7. The van der Waals surface area contributed by atoms with E-state index in [1.165, 1.54) is 186 Å². The number of ether oxygens (including phenoxy) is 2. The van der Waals surface area contributed by atoms with Gasteiger partial charge in [-0.15, -0.1) is 0 Å². The topological polar surface area (TPSA) is 177 Å². The van der Waals surface area contributed by atoms with Gasteiger partial charge in [0.1, 0.15) is 6.61 Å². The second-order valence-corrected chi connectivity index (χ2v) is 20.1. The van der Waals surface area contributed by atoms with Gasteiger partial charge in [-0.05, 0) is 19.3 Å². The predicted molar refractivity (Wildman–Crippen MR) is 270 cm³/mol. The summed E-state index contributed by atoms with van der Waals surface area (Å²) in [7, 11) is -4.78. The lowest BCUT2D eigenvalue weighted by molar-refractivity contribution is -0.228. The predicted octanol–water partition coefficient (Wildman–Crippen LogP) is 15.9. The van der Waals surface area contributed by atoms with Crippen molar-refractivity contribution in [2.75, 3.05) is 26.4 Å². The van der Waals surface area contributed by atoms with E-state index in [0.29, 0.717) is 12.8 Å². The molecule has 0 aliphatic heterocycles. The van der Waals surface area contributed by atoms with Crippen molar-refractivity contribution in [2.45, 2.75) is 297 Å². The largest absolute Gasteiger partial charge is 0.756 e. The highest BCUT2D eigenvalue weighted by Gasteiger charge is 2.21. The van der Waals surface area contributed by atoms with Gasteiger partial charge in [0.15, 0.2) is 6.10 Å². The molecule has 0 bridgehead atoms. The van der Waals surface area contributed by atoms with Gasteiger partial charge in [0.2, 0.25) is 5.91 Å². The first-order valence-corrected chi connectivity index (χ1v) is 28.9. The molecule has 0 fully saturated rings. The van der Waals surface area contributed by atoms with Gasteiger partial charge in [-0.25, -0.2) is 0 Å². The Morgan fingerprint density at radius 3 is 1.09 bits per heavy atom. The van der Waals surface area contributed by atoms with Gasteiger partial charge in [0.25, 0.3) is 7.82 Å². The SMILES string of the molecule is CCCCCCCCCCCCCCCC(=O)NCCOP(=O)([O-])OC[C@@H](COC(=O)CCCCCCCCCCCCCCC)OC(=O)CCCCCCCCCCCCCCC.[NH4+]. The molecule has 1 amide bonds. The number of carbonyl (C=O) groups is 3. The third-order valence-electron chi connectivity index (χ3n) is 12.3. The molecule has 0 aliphatic carbocycles. The van der Waals surface area contributed by atoms with Crippen LogP contribution in [0.3, 0.4) is 0 Å². The lowest BCUT2D eigenvalue weighted by atomic mass is 10.0. The first-order valence-electron chi connectivity index (χ1n) is 27.5. The van der Waals surface area contributed by atoms with E-state index in [2.05, 4.69) is 26.1 Å². The molecule has 2 atom stereocenters. The molecule has 12 heteroatoms. The Morgan fingerprint density at radius 1 is 0.431 bits per heavy atom. The van der Waals surface area contributed by atoms with Crippen molar-refractivity contribution in [2.24, 2.45) is 0 Å². The molecule has 0 saturated heterocycles. The maximum Gasteiger partial charge on any atom is 0.306 e. The van der Waals surface area contributed by atoms with Crippen LogP contribution in [-0.2, 0) is 37.5 Å². The highest BCUT2D eigenvalue weighted by atomic mass is 31.2. The minimum atomic E-state index is -4.78. The van der Waals surface area contributed by atoms with Gasteiger partial charge < -0.3 is 34.9 Å². The second kappa shape index (κ2) is 51.9. The molecule has 0 heterocycles. The summed E-state index contributed by atoms with van der Waals surface area (Å²) in [4.78, 5) is 50.2. The molecule has 0 aromatic carbocycles. The number of quaternary nitrogens is 1. The maximum atomic E-state index is 12.8. The van der Waals surface area contributed by atoms with Crippen LogP contribution in [0.1, 0.15) is 290 Å². The second-order valence-electron chi connectivity index (χ2n) is 18.7. The van der Waals surface area contributed by atoms with Crippen molar-refractivity contribution in [1.29, 1.82) is 0 Å². The number of carbonyl (C=O) groups excluding carboxylic acids is 3. The van der Waals surface area contributed by atoms with Gasteiger partial charge in [-0.2, -0.15) is 0 Å². The van der Waals surface area contributed by atoms with E-state index in [1.54, 1.807) is 0 Å². The van der Waals surface area contributed by atoms with Crippen molar-refractivity contribution >= 4 is 25.7 Å². The van der Waals surface area contributed by atoms with Crippen molar-refractivity contribution in [3.63, 3.8) is 0 Å². The summed E-state index contributed by atoms with van der Waals surface area (Å²) in [5, 5.41) is 2.71. The molecule has 0 aromatic rings. The number of nitrogens with one attached hydrogen (secondary N) is 1. The van der Waals surface area contributed by atoms with Gasteiger partial charge in [0.05, 0.1) is 13.2 Å². The minimum Gasteiger partial charge on any atom is -0.756 e. The number of phosphoric acid groups is 1. The molecule has 388 valence electrons. The number of rotatable bonds is 52. The number of phosphoric ester groups is 1. The normalized spacial score (nSPS) is 12.7. The van der Waals surface area contributed by atoms with Gasteiger partial charge in [0, 0.05) is 25.8 Å². The van der Waals surface area contributed by atoms with E-state index in [1.807, 2.05) is 0 Å². The summed E-state index contributed by atoms with van der Waals surface area (Å²) in [5.41, 5.74) is 0. The highest BCUT2D eigenvalue weighted by molar-refractivity contribution is 7.45. The Kier molecular flexibility index (Phi) is 52.3. The van der Waals surface area contributed by atoms with E-state index < -0.39 is 32.5 Å². The summed E-state index contributed by atoms with van der Waals surface area (Å²) >= 11 is 0. The molecule has 5 N–H and O–H groups in total. The third-order valence-corrected chi connectivity index (χ3v) is 13.3. The monoisotopic (exact) mass is 947 g/mol. The molecular weight excluding hydrogens is 840 g/mol. The first kappa shape index (κ1) is 65.6. The van der Waals surface area contributed by atoms with Gasteiger partial charge >= 0.3 is 11.9 Å². The van der Waals surface area contributed by atoms with E-state index >= 15 is 0 Å². The van der Waals surface area contributed by atoms with E-state index in [0.717, 1.165) is 57.8 Å². The Balaban J connectivity index is 0. The van der Waals surface area contributed by atoms with Gasteiger partial charge in [-0.1, -0.05) is 252 Å². The smallest absolute Gasteiger partial charge is 0.306 e. The Morgan fingerprint density at radius 2 is 0.738 bits per heavy atom. The fourth-order valence-corrected chi connectivity index (χ4v) is 8.88. The van der Waals surface area contributed by atoms with Crippen LogP contribution in [0.5, 0.6) is 0 Å². The van der Waals surface area contributed by atoms with Crippen molar-refractivity contribution in [3.8, 4) is 0 Å². The average Bonchev–Trinajstić information content (AvgIpc) is 3.28. The molecule has 0 radical (unpaired) electrons. The zero-order chi connectivity index (χ0) is 46.9. The maximum absolute atomic E-state index is 12.8. The van der Waals surface area contributed by atoms with Crippen LogP contribution in [0, 0.1) is 0 Å². The van der Waals surface area contributed by atoms with Crippen LogP contribution in [0.15, 0.2) is 0 Å². The van der Waals surface area contributed by atoms with E-state index in [-0.39, 0.29) is 44.7 Å². The zero-order valence-electron chi connectivity index (χ0n) is 43.2. The minimum absolute atomic E-state index is 0. The zero-order valence-corrected chi connectivity index (χ0v) is 44.1. The Bertz CT molecular complexity index is 1080. The first-order chi connectivity index (χ1) is 31.2. The fraction of sp³-hybridized carbons (Fsp3) is 0.943. The van der Waals surface area contributed by atoms with Crippen LogP contribution in [0.4, 0.5) is 0 Å². The summed E-state index contributed by atoms with van der Waals surface area (Å²) in [5.74, 6) is -1.02. The number of unbranched alkanes of at least 4 members (excludes halogenated alkanes) is 36. The summed E-state index contributed by atoms with van der Waals surface area (Å²) in [6.45, 7) is 5.68. The molecule has 1 unspecified atom stereocenters. The fourth-order valence-electron chi connectivity index (χ4n) is 8.14. The van der Waals surface area contributed by atoms with Crippen molar-refractivity contribution in [3.05, 3.63) is 0 Å². The molecule has 0 rings (SSSR count). The highest BCUT2D eigenvalue weighted by Crippen LogP contribution is 2.38. The quantitative estimate of drug-likeness (QED) is 0.0341. The van der Waals surface area contributed by atoms with Gasteiger partial charge in [-0.3, -0.25) is 18.9 Å². The van der Waals surface area contributed by atoms with Crippen LogP contribution in [0.2, 0.25) is 0 Å². The van der Waals surface area contributed by atoms with Crippen molar-refractivity contribution < 1.29 is 42.4 Å². The van der Waals surface area contributed by atoms with Crippen LogP contribution >= 0.6 is 7.82 Å². The molecular formula is C53H107N2O9P. The standard InChI is InChI=1S/C53H104NO9P.H3N/c1-4-7-10-13-16-19-22-25-28-31-34-37-40-43-51(55)54-46-47-61-64(58,59)62-49-50(63-53(57)45-42-39-36-33-30-27-24-21-18-15-12-9-6-3)48-60-52(56)44-41-38-35-32-29-26-23-20-17-14-11-8-5-2;/h50H,4-49H2,1-3H3,(H,54,55)(H,58,59);1H3/t50-;/m1./s1. The molecule has 0 aromatic heterocycles. The number of esters is 2. The molecule has 0 spiro atoms. The number of hydrogen-bond donors (Lipinski definition) is 2. The lowest BCUT2D eigenvalue weighted by Gasteiger charge is -2.25. The number of hydrogen-bond acceptors (Lipinski definition) is 9. The van der Waals surface area contributed by atoms with Crippen LogP contribution in [-0.4, -0.2) is 50.3 Å². The number of amides is 1. The summed E-state index contributed by atoms with van der Waals surface area (Å²) in [6.07, 6.45) is 47.1. The summed E-state index contributed by atoms with van der Waals surface area (Å²) in [6, 6.07) is 0. The molecule has 0 saturated carbocycles. The summed E-state index contributed by atoms with van der Waals surface area (Å²) < 4.78 is 33.7. The molecule has 65 heavy (non-hydrogen) atoms. The van der Waals surface area contributed by atoms with E-state index in [9.17, 15) is 23.8 Å². The Labute approximate surface area is 401 Å². The molecule has 0 aliphatic rings. The molecule has 11 nitrogen and oxygen atoms in total. The Hall–Kier alpha value is -1.52. The van der Waals surface area contributed by atoms with Crippen molar-refractivity contribution in [1.82, 2.24) is 11.5 Å². The average molecular weight is 947 g/mol. The van der Waals surface area contributed by atoms with Crippen LogP contribution < -0.4 is 16.4 Å². The lowest BCUT2D eigenvalue weighted by Crippen LogP contribution is -2.31.